The number of halogens is 3. The van der Waals surface area contributed by atoms with E-state index in [2.05, 4.69) is 15.9 Å². The van der Waals surface area contributed by atoms with Gasteiger partial charge in [0, 0.05) is 28.0 Å². The fraction of sp³-hybridized carbons (Fsp3) is 0.538. The molecule has 0 amide bonds. The summed E-state index contributed by atoms with van der Waals surface area (Å²) in [5, 5.41) is 1.28. The van der Waals surface area contributed by atoms with Crippen LogP contribution in [0.25, 0.3) is 0 Å². The molecule has 0 unspecified atom stereocenters. The molecule has 1 fully saturated rings. The van der Waals surface area contributed by atoms with Crippen molar-refractivity contribution >= 4 is 49.2 Å². The molecule has 1 aliphatic rings. The van der Waals surface area contributed by atoms with E-state index in [0.29, 0.717) is 21.9 Å². The van der Waals surface area contributed by atoms with Crippen LogP contribution in [0.5, 0.6) is 0 Å². The van der Waals surface area contributed by atoms with Crippen LogP contribution < -0.4 is 0 Å². The summed E-state index contributed by atoms with van der Waals surface area (Å²) in [6, 6.07) is 4.53. The minimum atomic E-state index is -3.56. The van der Waals surface area contributed by atoms with Crippen LogP contribution in [-0.4, -0.2) is 30.6 Å². The normalized spacial score (nSPS) is 17.0. The van der Waals surface area contributed by atoms with Gasteiger partial charge in [0.25, 0.3) is 0 Å². The van der Waals surface area contributed by atoms with Crippen molar-refractivity contribution in [2.45, 2.75) is 36.6 Å². The average Bonchev–Trinajstić information content (AvgIpc) is 2.88. The van der Waals surface area contributed by atoms with E-state index in [1.165, 1.54) is 18.2 Å². The molecule has 0 N–H and O–H groups in total. The quantitative estimate of drug-likeness (QED) is 0.690. The lowest BCUT2D eigenvalue weighted by Crippen LogP contribution is -2.40. The topological polar surface area (TPSA) is 37.4 Å². The van der Waals surface area contributed by atoms with Gasteiger partial charge in [-0.3, -0.25) is 0 Å². The third-order valence-corrected chi connectivity index (χ3v) is 6.20. The zero-order valence-electron chi connectivity index (χ0n) is 10.9. The molecule has 0 aromatic heterocycles. The van der Waals surface area contributed by atoms with Gasteiger partial charge in [-0.2, -0.15) is 4.31 Å². The van der Waals surface area contributed by atoms with Crippen molar-refractivity contribution in [3.8, 4) is 0 Å². The molecule has 2 rings (SSSR count). The van der Waals surface area contributed by atoms with Crippen LogP contribution in [0.2, 0.25) is 10.0 Å². The summed E-state index contributed by atoms with van der Waals surface area (Å²) in [5.41, 5.74) is 0. The van der Waals surface area contributed by atoms with Crippen molar-refractivity contribution in [2.75, 3.05) is 11.9 Å². The Balaban J connectivity index is 2.38. The molecule has 1 saturated carbocycles. The van der Waals surface area contributed by atoms with Gasteiger partial charge in [-0.15, -0.1) is 0 Å². The molecule has 20 heavy (non-hydrogen) atoms. The van der Waals surface area contributed by atoms with Gasteiger partial charge in [0.2, 0.25) is 10.0 Å². The van der Waals surface area contributed by atoms with Gasteiger partial charge < -0.3 is 0 Å². The second kappa shape index (κ2) is 6.97. The average molecular weight is 401 g/mol. The fourth-order valence-corrected chi connectivity index (χ4v) is 5.62. The van der Waals surface area contributed by atoms with Crippen LogP contribution in [0.1, 0.15) is 25.7 Å². The fourth-order valence-electron chi connectivity index (χ4n) is 2.59. The van der Waals surface area contributed by atoms with E-state index < -0.39 is 10.0 Å². The third-order valence-electron chi connectivity index (χ3n) is 3.48. The molecule has 112 valence electrons. The molecular formula is C13H16BrCl2NO2S. The summed E-state index contributed by atoms with van der Waals surface area (Å²) in [4.78, 5) is 0.169. The van der Waals surface area contributed by atoms with Crippen LogP contribution in [-0.2, 0) is 10.0 Å². The maximum absolute atomic E-state index is 12.8. The minimum absolute atomic E-state index is 0.0790. The Morgan fingerprint density at radius 2 is 1.70 bits per heavy atom. The highest BCUT2D eigenvalue weighted by molar-refractivity contribution is 9.09. The molecule has 3 nitrogen and oxygen atoms in total. The first kappa shape index (κ1) is 16.6. The number of benzene rings is 1. The van der Waals surface area contributed by atoms with Crippen LogP contribution >= 0.6 is 39.1 Å². The van der Waals surface area contributed by atoms with E-state index >= 15 is 0 Å². The number of alkyl halides is 1. The largest absolute Gasteiger partial charge is 0.243 e. The summed E-state index contributed by atoms with van der Waals surface area (Å²) in [5.74, 6) is 0. The lowest BCUT2D eigenvalue weighted by atomic mass is 10.2. The highest BCUT2D eigenvalue weighted by atomic mass is 79.9. The number of hydrogen-bond donors (Lipinski definition) is 0. The zero-order valence-corrected chi connectivity index (χ0v) is 14.8. The van der Waals surface area contributed by atoms with Crippen molar-refractivity contribution in [1.82, 2.24) is 4.31 Å². The second-order valence-corrected chi connectivity index (χ2v) is 8.40. The molecule has 0 atom stereocenters. The molecular weight excluding hydrogens is 385 g/mol. The SMILES string of the molecule is O=S(=O)(c1cc(Cl)cc(Cl)c1)N(CCBr)C1CCCC1. The molecule has 0 saturated heterocycles. The highest BCUT2D eigenvalue weighted by Crippen LogP contribution is 2.31. The smallest absolute Gasteiger partial charge is 0.207 e. The summed E-state index contributed by atoms with van der Waals surface area (Å²) in [6.45, 7) is 0.455. The van der Waals surface area contributed by atoms with Crippen LogP contribution in [0.3, 0.4) is 0 Å². The predicted molar refractivity (Wildman–Crippen MR) is 86.4 cm³/mol. The maximum atomic E-state index is 12.8. The van der Waals surface area contributed by atoms with Crippen LogP contribution in [0.4, 0.5) is 0 Å². The Morgan fingerprint density at radius 3 is 2.20 bits per heavy atom. The summed E-state index contributed by atoms with van der Waals surface area (Å²) in [7, 11) is -3.56. The van der Waals surface area contributed by atoms with E-state index in [0.717, 1.165) is 25.7 Å². The molecule has 0 bridgehead atoms. The lowest BCUT2D eigenvalue weighted by Gasteiger charge is -2.27. The van der Waals surface area contributed by atoms with E-state index in [9.17, 15) is 8.42 Å². The van der Waals surface area contributed by atoms with E-state index in [1.807, 2.05) is 0 Å². The Kier molecular flexibility index (Phi) is 5.77. The molecule has 1 aromatic carbocycles. The van der Waals surface area contributed by atoms with E-state index in [4.69, 9.17) is 23.2 Å². The van der Waals surface area contributed by atoms with Crippen LogP contribution in [0, 0.1) is 0 Å². The van der Waals surface area contributed by atoms with E-state index in [1.54, 1.807) is 4.31 Å². The number of nitrogens with zero attached hydrogens (tertiary/aromatic N) is 1. The monoisotopic (exact) mass is 399 g/mol. The van der Waals surface area contributed by atoms with Gasteiger partial charge >= 0.3 is 0 Å². The van der Waals surface area contributed by atoms with Crippen LogP contribution in [0.15, 0.2) is 23.1 Å². The molecule has 0 aliphatic heterocycles. The van der Waals surface area contributed by atoms with Crippen molar-refractivity contribution in [1.29, 1.82) is 0 Å². The lowest BCUT2D eigenvalue weighted by molar-refractivity contribution is 0.338. The second-order valence-electron chi connectivity index (χ2n) is 4.85. The first-order valence-corrected chi connectivity index (χ1v) is 9.81. The van der Waals surface area contributed by atoms with E-state index in [-0.39, 0.29) is 10.9 Å². The van der Waals surface area contributed by atoms with Crippen molar-refractivity contribution in [3.63, 3.8) is 0 Å². The molecule has 7 heteroatoms. The number of rotatable bonds is 5. The summed E-state index contributed by atoms with van der Waals surface area (Å²) in [6.07, 6.45) is 3.99. The third kappa shape index (κ3) is 3.69. The number of sulfonamides is 1. The Bertz CT molecular complexity index is 553. The molecule has 0 radical (unpaired) electrons. The standard InChI is InChI=1S/C13H16BrCl2NO2S/c14-5-6-17(12-3-1-2-4-12)20(18,19)13-8-10(15)7-11(16)9-13/h7-9,12H,1-6H2. The van der Waals surface area contributed by atoms with Crippen molar-refractivity contribution < 1.29 is 8.42 Å². The predicted octanol–water partition coefficient (Wildman–Crippen LogP) is 4.32. The first-order valence-electron chi connectivity index (χ1n) is 6.49. The molecule has 0 heterocycles. The van der Waals surface area contributed by atoms with Crippen molar-refractivity contribution in [3.05, 3.63) is 28.2 Å². The maximum Gasteiger partial charge on any atom is 0.243 e. The number of hydrogen-bond acceptors (Lipinski definition) is 2. The Hall–Kier alpha value is 0.190. The van der Waals surface area contributed by atoms with Gasteiger partial charge in [0.1, 0.15) is 0 Å². The molecule has 1 aliphatic carbocycles. The van der Waals surface area contributed by atoms with Gasteiger partial charge in [0.15, 0.2) is 0 Å². The zero-order chi connectivity index (χ0) is 14.8. The van der Waals surface area contributed by atoms with Gasteiger partial charge in [-0.05, 0) is 31.0 Å². The van der Waals surface area contributed by atoms with Crippen molar-refractivity contribution in [2.24, 2.45) is 0 Å². The minimum Gasteiger partial charge on any atom is -0.207 e. The Labute approximate surface area is 138 Å². The molecule has 0 spiro atoms. The summed E-state index contributed by atoms with van der Waals surface area (Å²) < 4.78 is 27.2. The highest BCUT2D eigenvalue weighted by Gasteiger charge is 2.33. The molecule has 1 aromatic rings. The van der Waals surface area contributed by atoms with Gasteiger partial charge in [-0.25, -0.2) is 8.42 Å². The summed E-state index contributed by atoms with van der Waals surface area (Å²) >= 11 is 15.2. The van der Waals surface area contributed by atoms with Gasteiger partial charge in [0.05, 0.1) is 4.90 Å². The first-order chi connectivity index (χ1) is 9.45. The Morgan fingerprint density at radius 1 is 1.15 bits per heavy atom. The van der Waals surface area contributed by atoms with Gasteiger partial charge in [-0.1, -0.05) is 52.0 Å².